The molecule has 9 nitrogen and oxygen atoms in total. The molecule has 0 aliphatic carbocycles. The minimum absolute atomic E-state index is 0.0361. The zero-order valence-corrected chi connectivity index (χ0v) is 43.1. The van der Waals surface area contributed by atoms with Gasteiger partial charge in [-0.25, -0.2) is 0 Å². The molecule has 0 aliphatic heterocycles. The number of hydrogen-bond acceptors (Lipinski definition) is 8. The number of rotatable bonds is 48. The number of quaternary nitrogens is 1. The van der Waals surface area contributed by atoms with Gasteiger partial charge < -0.3 is 27.9 Å². The van der Waals surface area contributed by atoms with Crippen LogP contribution in [-0.4, -0.2) is 70.0 Å². The van der Waals surface area contributed by atoms with Crippen LogP contribution in [0.15, 0.2) is 48.6 Å². The van der Waals surface area contributed by atoms with E-state index in [0.717, 1.165) is 57.8 Å². The number of likely N-dealkylation sites (N-methyl/N-ethyl adjacent to an activating group) is 1. The lowest BCUT2D eigenvalue weighted by Crippen LogP contribution is -2.37. The molecule has 0 rings (SSSR count). The quantitative estimate of drug-likeness (QED) is 0.0195. The Labute approximate surface area is 394 Å². The second kappa shape index (κ2) is 46.1. The van der Waals surface area contributed by atoms with E-state index in [0.29, 0.717) is 23.9 Å². The number of hydrogen-bond donors (Lipinski definition) is 0. The van der Waals surface area contributed by atoms with Crippen LogP contribution in [0.25, 0.3) is 0 Å². The Morgan fingerprint density at radius 1 is 0.484 bits per heavy atom. The number of carbonyl (C=O) groups is 2. The smallest absolute Gasteiger partial charge is 0.306 e. The van der Waals surface area contributed by atoms with E-state index < -0.39 is 32.5 Å². The molecule has 0 fully saturated rings. The summed E-state index contributed by atoms with van der Waals surface area (Å²) in [6.45, 7) is 4.20. The summed E-state index contributed by atoms with van der Waals surface area (Å²) in [6.07, 6.45) is 55.7. The van der Waals surface area contributed by atoms with E-state index in [9.17, 15) is 19.0 Å². The van der Waals surface area contributed by atoms with Crippen molar-refractivity contribution in [2.45, 2.75) is 238 Å². The first-order valence-corrected chi connectivity index (χ1v) is 27.8. The maximum absolute atomic E-state index is 12.8. The van der Waals surface area contributed by atoms with Crippen LogP contribution in [0.1, 0.15) is 232 Å². The van der Waals surface area contributed by atoms with Gasteiger partial charge in [0.1, 0.15) is 19.8 Å². The molecular formula is C54H100NO8P. The molecule has 0 aliphatic rings. The van der Waals surface area contributed by atoms with Crippen LogP contribution >= 0.6 is 7.82 Å². The highest BCUT2D eigenvalue weighted by molar-refractivity contribution is 7.45. The zero-order chi connectivity index (χ0) is 47.1. The molecule has 0 aromatic rings. The summed E-state index contributed by atoms with van der Waals surface area (Å²) in [7, 11) is 1.15. The van der Waals surface area contributed by atoms with E-state index in [2.05, 4.69) is 62.5 Å². The van der Waals surface area contributed by atoms with Crippen molar-refractivity contribution in [3.05, 3.63) is 48.6 Å². The maximum atomic E-state index is 12.8. The molecule has 0 saturated heterocycles. The fraction of sp³-hybridized carbons (Fsp3) is 0.815. The number of allylic oxidation sites excluding steroid dienone is 8. The molecule has 10 heteroatoms. The molecule has 64 heavy (non-hydrogen) atoms. The van der Waals surface area contributed by atoms with Crippen LogP contribution in [0, 0.1) is 0 Å². The average molecular weight is 922 g/mol. The minimum Gasteiger partial charge on any atom is -0.756 e. The van der Waals surface area contributed by atoms with Crippen molar-refractivity contribution in [2.24, 2.45) is 0 Å². The van der Waals surface area contributed by atoms with Crippen LogP contribution in [-0.2, 0) is 32.7 Å². The molecule has 0 bridgehead atoms. The topological polar surface area (TPSA) is 111 Å². The van der Waals surface area contributed by atoms with Crippen molar-refractivity contribution in [2.75, 3.05) is 47.5 Å². The molecule has 0 aromatic heterocycles. The number of esters is 2. The van der Waals surface area contributed by atoms with Crippen molar-refractivity contribution >= 4 is 19.8 Å². The SMILES string of the molecule is CCCCC/C=C/C/C=C/C/C=C/C/C=C/CCCCCC(=O)OC[C@H](COP(=O)([O-])OCC[N+](C)(C)C)OC(=O)CCCCCCCCCCCCCCCCCCCCCCC. The summed E-state index contributed by atoms with van der Waals surface area (Å²) >= 11 is 0. The van der Waals surface area contributed by atoms with Gasteiger partial charge >= 0.3 is 11.9 Å². The molecule has 0 amide bonds. The third-order valence-electron chi connectivity index (χ3n) is 11.4. The first-order valence-electron chi connectivity index (χ1n) is 26.3. The largest absolute Gasteiger partial charge is 0.756 e. The first-order chi connectivity index (χ1) is 31.0. The summed E-state index contributed by atoms with van der Waals surface area (Å²) < 4.78 is 34.0. The third-order valence-corrected chi connectivity index (χ3v) is 12.3. The van der Waals surface area contributed by atoms with E-state index in [1.807, 2.05) is 21.1 Å². The van der Waals surface area contributed by atoms with Crippen LogP contribution < -0.4 is 4.89 Å². The molecule has 0 spiro atoms. The Bertz CT molecular complexity index is 1230. The molecule has 374 valence electrons. The first kappa shape index (κ1) is 62.0. The summed E-state index contributed by atoms with van der Waals surface area (Å²) in [5, 5.41) is 0. The van der Waals surface area contributed by atoms with E-state index in [1.165, 1.54) is 135 Å². The molecule has 0 heterocycles. The molecule has 2 atom stereocenters. The molecule has 0 saturated carbocycles. The van der Waals surface area contributed by atoms with Crippen LogP contribution in [0.3, 0.4) is 0 Å². The minimum atomic E-state index is -4.64. The predicted molar refractivity (Wildman–Crippen MR) is 268 cm³/mol. The standard InChI is InChI=1S/C54H100NO8P/c1-6-8-10-12-14-16-18-20-22-24-26-27-29-31-33-35-37-39-41-43-45-47-54(57)63-52(51-62-64(58,59)61-49-48-55(3,4)5)50-60-53(56)46-44-42-40-38-36-34-32-30-28-25-23-21-19-17-15-13-11-9-7-2/h15,17,21,23,28,30,34,36,52H,6-14,16,18-20,22,24-27,29,31-33,35,37-51H2,1-5H3/b17-15+,23-21+,30-28+,36-34+/t52-/m1/s1. The number of phosphoric acid groups is 1. The number of phosphoric ester groups is 1. The Kier molecular flexibility index (Phi) is 44.6. The van der Waals surface area contributed by atoms with Gasteiger partial charge in [0.2, 0.25) is 0 Å². The Morgan fingerprint density at radius 3 is 1.28 bits per heavy atom. The van der Waals surface area contributed by atoms with Crippen molar-refractivity contribution in [1.82, 2.24) is 0 Å². The van der Waals surface area contributed by atoms with E-state index in [1.54, 1.807) is 0 Å². The number of nitrogens with zero attached hydrogens (tertiary/aromatic N) is 1. The highest BCUT2D eigenvalue weighted by Gasteiger charge is 2.21. The lowest BCUT2D eigenvalue weighted by Gasteiger charge is -2.28. The van der Waals surface area contributed by atoms with Gasteiger partial charge in [-0.15, -0.1) is 0 Å². The Balaban J connectivity index is 4.28. The van der Waals surface area contributed by atoms with Crippen LogP contribution in [0.4, 0.5) is 0 Å². The second-order valence-electron chi connectivity index (χ2n) is 18.9. The summed E-state index contributed by atoms with van der Waals surface area (Å²) in [5.41, 5.74) is 0. The monoisotopic (exact) mass is 922 g/mol. The fourth-order valence-electron chi connectivity index (χ4n) is 7.23. The van der Waals surface area contributed by atoms with Gasteiger partial charge in [0, 0.05) is 12.8 Å². The van der Waals surface area contributed by atoms with Gasteiger partial charge in [-0.05, 0) is 57.8 Å². The van der Waals surface area contributed by atoms with Gasteiger partial charge in [-0.2, -0.15) is 0 Å². The van der Waals surface area contributed by atoms with Crippen molar-refractivity contribution in [3.63, 3.8) is 0 Å². The van der Waals surface area contributed by atoms with Crippen molar-refractivity contribution in [3.8, 4) is 0 Å². The average Bonchev–Trinajstić information content (AvgIpc) is 3.25. The van der Waals surface area contributed by atoms with Gasteiger partial charge in [-0.1, -0.05) is 210 Å². The predicted octanol–water partition coefficient (Wildman–Crippen LogP) is 15.2. The molecule has 0 N–H and O–H groups in total. The summed E-state index contributed by atoms with van der Waals surface area (Å²) in [4.78, 5) is 37.7. The molecular weight excluding hydrogens is 822 g/mol. The summed E-state index contributed by atoms with van der Waals surface area (Å²) in [5.74, 6) is -0.862. The van der Waals surface area contributed by atoms with Gasteiger partial charge in [-0.3, -0.25) is 14.2 Å². The fourth-order valence-corrected chi connectivity index (χ4v) is 7.96. The van der Waals surface area contributed by atoms with Crippen molar-refractivity contribution < 1.29 is 42.1 Å². The van der Waals surface area contributed by atoms with Gasteiger partial charge in [0.15, 0.2) is 6.10 Å². The molecule has 0 radical (unpaired) electrons. The van der Waals surface area contributed by atoms with E-state index in [4.69, 9.17) is 18.5 Å². The van der Waals surface area contributed by atoms with Crippen molar-refractivity contribution in [1.29, 1.82) is 0 Å². The molecule has 1 unspecified atom stereocenters. The third kappa shape index (κ3) is 49.4. The zero-order valence-electron chi connectivity index (χ0n) is 42.2. The number of carbonyl (C=O) groups excluding carboxylic acids is 2. The normalized spacial score (nSPS) is 13.8. The lowest BCUT2D eigenvalue weighted by atomic mass is 10.0. The number of ether oxygens (including phenoxy) is 2. The Hall–Kier alpha value is -2.03. The van der Waals surface area contributed by atoms with E-state index >= 15 is 0 Å². The molecule has 0 aromatic carbocycles. The van der Waals surface area contributed by atoms with Gasteiger partial charge in [0.05, 0.1) is 27.7 Å². The maximum Gasteiger partial charge on any atom is 0.306 e. The summed E-state index contributed by atoms with van der Waals surface area (Å²) in [6, 6.07) is 0. The highest BCUT2D eigenvalue weighted by atomic mass is 31.2. The van der Waals surface area contributed by atoms with E-state index in [-0.39, 0.29) is 26.1 Å². The lowest BCUT2D eigenvalue weighted by molar-refractivity contribution is -0.870. The highest BCUT2D eigenvalue weighted by Crippen LogP contribution is 2.38. The van der Waals surface area contributed by atoms with Crippen LogP contribution in [0.5, 0.6) is 0 Å². The second-order valence-corrected chi connectivity index (χ2v) is 20.3. The van der Waals surface area contributed by atoms with Gasteiger partial charge in [0.25, 0.3) is 7.82 Å². The number of unbranched alkanes of at least 4 members (excludes halogenated alkanes) is 26. The Morgan fingerprint density at radius 2 is 0.844 bits per heavy atom. The van der Waals surface area contributed by atoms with Crippen LogP contribution in [0.2, 0.25) is 0 Å².